The second kappa shape index (κ2) is 7.11. The first-order valence-corrected chi connectivity index (χ1v) is 8.71. The summed E-state index contributed by atoms with van der Waals surface area (Å²) in [6, 6.07) is 10.9. The van der Waals surface area contributed by atoms with Crippen LogP contribution in [-0.2, 0) is 6.54 Å². The smallest absolute Gasteiger partial charge is 0.231 e. The highest BCUT2D eigenvalue weighted by atomic mass is 16.5. The molecule has 1 aliphatic heterocycles. The van der Waals surface area contributed by atoms with E-state index < -0.39 is 0 Å². The number of benzene rings is 2. The normalized spacial score (nSPS) is 14.9. The van der Waals surface area contributed by atoms with Crippen LogP contribution >= 0.6 is 0 Å². The highest BCUT2D eigenvalue weighted by molar-refractivity contribution is 6.15. The molecule has 0 saturated heterocycles. The van der Waals surface area contributed by atoms with Gasteiger partial charge in [0, 0.05) is 5.56 Å². The van der Waals surface area contributed by atoms with E-state index in [0.717, 1.165) is 24.2 Å². The van der Waals surface area contributed by atoms with E-state index in [9.17, 15) is 9.90 Å². The lowest BCUT2D eigenvalue weighted by molar-refractivity contribution is -0.910. The topological polar surface area (TPSA) is 53.8 Å². The van der Waals surface area contributed by atoms with Crippen LogP contribution in [0, 0.1) is 6.92 Å². The summed E-state index contributed by atoms with van der Waals surface area (Å²) in [6.45, 7) is 8.56. The molecule has 4 heteroatoms. The molecule has 2 aromatic carbocycles. The van der Waals surface area contributed by atoms with Gasteiger partial charge < -0.3 is 14.7 Å². The predicted molar refractivity (Wildman–Crippen MR) is 95.8 cm³/mol. The Kier molecular flexibility index (Phi) is 4.91. The van der Waals surface area contributed by atoms with Crippen LogP contribution in [0.25, 0.3) is 6.08 Å². The lowest BCUT2D eigenvalue weighted by atomic mass is 10.0. The molecular formula is C21H23NO3. The fourth-order valence-corrected chi connectivity index (χ4v) is 3.10. The number of carbonyl (C=O) groups excluding carboxylic acids is 1. The van der Waals surface area contributed by atoms with Crippen LogP contribution in [0.1, 0.15) is 40.9 Å². The van der Waals surface area contributed by atoms with Gasteiger partial charge >= 0.3 is 0 Å². The van der Waals surface area contributed by atoms with E-state index in [4.69, 9.17) is 4.74 Å². The molecule has 0 saturated carbocycles. The first kappa shape index (κ1) is 17.2. The molecule has 25 heavy (non-hydrogen) atoms. The largest absolute Gasteiger partial charge is 0.872 e. The van der Waals surface area contributed by atoms with E-state index in [1.807, 2.05) is 31.2 Å². The number of hydrogen-bond donors (Lipinski definition) is 1. The Bertz CT molecular complexity index is 835. The second-order valence-electron chi connectivity index (χ2n) is 6.35. The fourth-order valence-electron chi connectivity index (χ4n) is 3.10. The number of ether oxygens (including phenoxy) is 1. The van der Waals surface area contributed by atoms with Crippen molar-refractivity contribution in [2.45, 2.75) is 27.3 Å². The van der Waals surface area contributed by atoms with E-state index in [-0.39, 0.29) is 17.3 Å². The summed E-state index contributed by atoms with van der Waals surface area (Å²) >= 11 is 0. The van der Waals surface area contributed by atoms with Crippen molar-refractivity contribution in [2.75, 3.05) is 13.1 Å². The summed E-state index contributed by atoms with van der Waals surface area (Å²) in [5, 5.41) is 12.3. The molecule has 0 aromatic heterocycles. The molecule has 0 spiro atoms. The van der Waals surface area contributed by atoms with Crippen molar-refractivity contribution in [3.63, 3.8) is 0 Å². The van der Waals surface area contributed by atoms with Crippen LogP contribution in [-0.4, -0.2) is 18.9 Å². The van der Waals surface area contributed by atoms with Crippen LogP contribution < -0.4 is 14.7 Å². The molecule has 4 nitrogen and oxygen atoms in total. The van der Waals surface area contributed by atoms with E-state index in [1.165, 1.54) is 11.0 Å². The van der Waals surface area contributed by atoms with E-state index >= 15 is 0 Å². The highest BCUT2D eigenvalue weighted by Gasteiger charge is 2.30. The van der Waals surface area contributed by atoms with Crippen molar-refractivity contribution in [3.05, 3.63) is 64.4 Å². The van der Waals surface area contributed by atoms with E-state index in [2.05, 4.69) is 13.8 Å². The van der Waals surface area contributed by atoms with Crippen molar-refractivity contribution < 1.29 is 19.5 Å². The van der Waals surface area contributed by atoms with Crippen molar-refractivity contribution in [2.24, 2.45) is 0 Å². The van der Waals surface area contributed by atoms with Gasteiger partial charge in [-0.05, 0) is 44.0 Å². The maximum atomic E-state index is 12.7. The molecule has 0 atom stereocenters. The van der Waals surface area contributed by atoms with Gasteiger partial charge in [-0.3, -0.25) is 4.79 Å². The van der Waals surface area contributed by atoms with Crippen LogP contribution in [0.5, 0.6) is 11.5 Å². The van der Waals surface area contributed by atoms with Crippen LogP contribution in [0.15, 0.2) is 42.2 Å². The molecule has 3 rings (SSSR count). The first-order chi connectivity index (χ1) is 12.0. The van der Waals surface area contributed by atoms with Crippen LogP contribution in [0.4, 0.5) is 0 Å². The zero-order chi connectivity index (χ0) is 18.0. The van der Waals surface area contributed by atoms with E-state index in [0.29, 0.717) is 23.4 Å². The van der Waals surface area contributed by atoms with Gasteiger partial charge in [-0.2, -0.15) is 0 Å². The van der Waals surface area contributed by atoms with Crippen molar-refractivity contribution in [1.82, 2.24) is 0 Å². The SMILES string of the molecule is CC[NH+](CC)Cc1c([O-])ccc2c1O/C(=C\c1ccccc1C)C2=O. The summed E-state index contributed by atoms with van der Waals surface area (Å²) in [7, 11) is 0. The van der Waals surface area contributed by atoms with Gasteiger partial charge in [0.25, 0.3) is 0 Å². The zero-order valence-corrected chi connectivity index (χ0v) is 14.9. The van der Waals surface area contributed by atoms with Gasteiger partial charge in [-0.25, -0.2) is 0 Å². The molecule has 130 valence electrons. The number of nitrogens with one attached hydrogen (secondary N) is 1. The number of Topliss-reactive ketones (excluding diaryl/α,β-unsaturated/α-hetero) is 1. The molecule has 0 radical (unpaired) electrons. The summed E-state index contributed by atoms with van der Waals surface area (Å²) in [5.74, 6) is 0.500. The van der Waals surface area contributed by atoms with E-state index in [1.54, 1.807) is 12.1 Å². The third-order valence-corrected chi connectivity index (χ3v) is 4.80. The van der Waals surface area contributed by atoms with Gasteiger partial charge in [0.2, 0.25) is 5.78 Å². The van der Waals surface area contributed by atoms with Crippen LogP contribution in [0.2, 0.25) is 0 Å². The number of carbonyl (C=O) groups is 1. The van der Waals surface area contributed by atoms with Crippen molar-refractivity contribution in [1.29, 1.82) is 0 Å². The number of ketones is 1. The van der Waals surface area contributed by atoms with Gasteiger partial charge in [0.05, 0.1) is 18.7 Å². The number of aryl methyl sites for hydroxylation is 1. The Balaban J connectivity index is 2.00. The summed E-state index contributed by atoms with van der Waals surface area (Å²) in [4.78, 5) is 14.0. The second-order valence-corrected chi connectivity index (χ2v) is 6.35. The summed E-state index contributed by atoms with van der Waals surface area (Å²) in [6.07, 6.45) is 1.76. The molecule has 1 heterocycles. The maximum absolute atomic E-state index is 12.7. The fraction of sp³-hybridized carbons (Fsp3) is 0.286. The van der Waals surface area contributed by atoms with Gasteiger partial charge in [-0.15, -0.1) is 0 Å². The Morgan fingerprint density at radius 3 is 2.52 bits per heavy atom. The number of quaternary nitrogens is 1. The highest BCUT2D eigenvalue weighted by Crippen LogP contribution is 2.38. The number of allylic oxidation sites excluding steroid dienone is 1. The Hall–Kier alpha value is -2.59. The molecular weight excluding hydrogens is 314 g/mol. The minimum Gasteiger partial charge on any atom is -0.872 e. The zero-order valence-electron chi connectivity index (χ0n) is 14.9. The van der Waals surface area contributed by atoms with Gasteiger partial charge in [0.15, 0.2) is 5.76 Å². The molecule has 0 amide bonds. The average molecular weight is 337 g/mol. The third kappa shape index (κ3) is 3.30. The summed E-state index contributed by atoms with van der Waals surface area (Å²) < 4.78 is 5.88. The number of hydrogen-bond acceptors (Lipinski definition) is 3. The molecule has 0 fully saturated rings. The van der Waals surface area contributed by atoms with Crippen LogP contribution in [0.3, 0.4) is 0 Å². The predicted octanol–water partition coefficient (Wildman–Crippen LogP) is 2.11. The summed E-state index contributed by atoms with van der Waals surface area (Å²) in [5.41, 5.74) is 3.09. The van der Waals surface area contributed by atoms with Gasteiger partial charge in [0.1, 0.15) is 12.3 Å². The molecule has 1 aliphatic rings. The monoisotopic (exact) mass is 337 g/mol. The minimum absolute atomic E-state index is 0.0666. The molecule has 1 N–H and O–H groups in total. The third-order valence-electron chi connectivity index (χ3n) is 4.80. The minimum atomic E-state index is -0.158. The average Bonchev–Trinajstić information content (AvgIpc) is 2.92. The van der Waals surface area contributed by atoms with Crippen molar-refractivity contribution >= 4 is 11.9 Å². The molecule has 2 aromatic rings. The first-order valence-electron chi connectivity index (χ1n) is 8.71. The quantitative estimate of drug-likeness (QED) is 0.850. The molecule has 0 bridgehead atoms. The lowest BCUT2D eigenvalue weighted by Gasteiger charge is -2.21. The Labute approximate surface area is 148 Å². The van der Waals surface area contributed by atoms with Crippen molar-refractivity contribution in [3.8, 4) is 11.5 Å². The Morgan fingerprint density at radius 2 is 1.84 bits per heavy atom. The molecule has 0 unspecified atom stereocenters. The number of fused-ring (bicyclic) bond motifs is 1. The Morgan fingerprint density at radius 1 is 1.12 bits per heavy atom. The maximum Gasteiger partial charge on any atom is 0.231 e. The van der Waals surface area contributed by atoms with Gasteiger partial charge in [-0.1, -0.05) is 36.1 Å². The lowest BCUT2D eigenvalue weighted by Crippen LogP contribution is -3.10. The molecule has 0 aliphatic carbocycles. The number of rotatable bonds is 5. The standard InChI is InChI=1S/C21H23NO3/c1-4-22(5-2)13-17-18(23)11-10-16-20(24)19(25-21(16)17)12-15-9-7-6-8-14(15)3/h6-12,23H,4-5,13H2,1-3H3/b19-12-.